The molecule has 0 atom stereocenters. The Balaban J connectivity index is 2.03. The predicted molar refractivity (Wildman–Crippen MR) is 88.3 cm³/mol. The Morgan fingerprint density at radius 2 is 1.90 bits per heavy atom. The zero-order chi connectivity index (χ0) is 15.5. The van der Waals surface area contributed by atoms with Gasteiger partial charge in [0.25, 0.3) is 0 Å². The van der Waals surface area contributed by atoms with Crippen molar-refractivity contribution in [1.29, 1.82) is 0 Å². The molecule has 4 nitrogen and oxygen atoms in total. The Morgan fingerprint density at radius 3 is 2.52 bits per heavy atom. The van der Waals surface area contributed by atoms with Crippen LogP contribution in [-0.4, -0.2) is 34.3 Å². The summed E-state index contributed by atoms with van der Waals surface area (Å²) in [6, 6.07) is 5.88. The van der Waals surface area contributed by atoms with Gasteiger partial charge in [-0.25, -0.2) is 8.42 Å². The highest BCUT2D eigenvalue weighted by Crippen LogP contribution is 2.24. The van der Waals surface area contributed by atoms with Crippen LogP contribution >= 0.6 is 0 Å². The number of aryl methyl sites for hydroxylation is 2. The number of hydrogen-bond acceptors (Lipinski definition) is 3. The molecule has 0 bridgehead atoms. The Morgan fingerprint density at radius 1 is 1.24 bits per heavy atom. The molecular formula is C16H26N2O2S. The van der Waals surface area contributed by atoms with Crippen LogP contribution in [0.15, 0.2) is 18.2 Å². The third-order valence-corrected chi connectivity index (χ3v) is 6.13. The van der Waals surface area contributed by atoms with Crippen molar-refractivity contribution in [3.05, 3.63) is 29.3 Å². The summed E-state index contributed by atoms with van der Waals surface area (Å²) < 4.78 is 26.5. The number of anilines is 1. The van der Waals surface area contributed by atoms with E-state index in [1.54, 1.807) is 7.05 Å². The van der Waals surface area contributed by atoms with Gasteiger partial charge in [0.05, 0.1) is 11.4 Å². The first-order valence-electron chi connectivity index (χ1n) is 7.65. The van der Waals surface area contributed by atoms with Gasteiger partial charge in [0, 0.05) is 7.05 Å². The highest BCUT2D eigenvalue weighted by atomic mass is 32.2. The Bertz CT molecular complexity index is 578. The van der Waals surface area contributed by atoms with Gasteiger partial charge in [0.1, 0.15) is 0 Å². The maximum atomic E-state index is 12.5. The lowest BCUT2D eigenvalue weighted by molar-refractivity contribution is 0.365. The van der Waals surface area contributed by atoms with Crippen LogP contribution in [0.2, 0.25) is 0 Å². The van der Waals surface area contributed by atoms with Gasteiger partial charge in [-0.1, -0.05) is 17.7 Å². The largest absolute Gasteiger partial charge is 0.317 e. The van der Waals surface area contributed by atoms with E-state index in [0.29, 0.717) is 5.92 Å². The van der Waals surface area contributed by atoms with Gasteiger partial charge in [-0.05, 0) is 63.7 Å². The maximum absolute atomic E-state index is 12.5. The molecule has 5 heteroatoms. The van der Waals surface area contributed by atoms with Crippen molar-refractivity contribution >= 4 is 15.7 Å². The van der Waals surface area contributed by atoms with Gasteiger partial charge in [0.2, 0.25) is 10.0 Å². The molecule has 1 aliphatic rings. The second-order valence-electron chi connectivity index (χ2n) is 6.06. The van der Waals surface area contributed by atoms with E-state index in [1.165, 1.54) is 4.31 Å². The minimum atomic E-state index is -3.24. The monoisotopic (exact) mass is 310 g/mol. The maximum Gasteiger partial charge on any atom is 0.234 e. The Kier molecular flexibility index (Phi) is 5.27. The van der Waals surface area contributed by atoms with Crippen LogP contribution in [-0.2, 0) is 10.0 Å². The van der Waals surface area contributed by atoms with Gasteiger partial charge < -0.3 is 5.32 Å². The smallest absolute Gasteiger partial charge is 0.234 e. The van der Waals surface area contributed by atoms with Gasteiger partial charge >= 0.3 is 0 Å². The van der Waals surface area contributed by atoms with Crippen LogP contribution in [0, 0.1) is 19.8 Å². The molecule has 1 saturated heterocycles. The molecule has 1 aromatic rings. The van der Waals surface area contributed by atoms with Crippen molar-refractivity contribution in [3.63, 3.8) is 0 Å². The number of piperidine rings is 1. The van der Waals surface area contributed by atoms with Crippen molar-refractivity contribution in [2.45, 2.75) is 33.1 Å². The van der Waals surface area contributed by atoms with Crippen molar-refractivity contribution in [3.8, 4) is 0 Å². The van der Waals surface area contributed by atoms with E-state index in [4.69, 9.17) is 0 Å². The van der Waals surface area contributed by atoms with Crippen LogP contribution in [0.3, 0.4) is 0 Å². The summed E-state index contributed by atoms with van der Waals surface area (Å²) in [6.45, 7) is 6.00. The first-order valence-corrected chi connectivity index (χ1v) is 9.25. The molecule has 0 unspecified atom stereocenters. The fourth-order valence-corrected chi connectivity index (χ4v) is 4.34. The fourth-order valence-electron chi connectivity index (χ4n) is 2.93. The minimum Gasteiger partial charge on any atom is -0.317 e. The van der Waals surface area contributed by atoms with Crippen molar-refractivity contribution in [2.75, 3.05) is 30.2 Å². The van der Waals surface area contributed by atoms with E-state index in [9.17, 15) is 8.42 Å². The van der Waals surface area contributed by atoms with Crippen molar-refractivity contribution < 1.29 is 8.42 Å². The van der Waals surface area contributed by atoms with Gasteiger partial charge in [-0.2, -0.15) is 0 Å². The molecule has 1 heterocycles. The van der Waals surface area contributed by atoms with Crippen LogP contribution < -0.4 is 9.62 Å². The first-order chi connectivity index (χ1) is 9.90. The summed E-state index contributed by atoms with van der Waals surface area (Å²) in [7, 11) is -1.57. The van der Waals surface area contributed by atoms with E-state index in [2.05, 4.69) is 5.32 Å². The van der Waals surface area contributed by atoms with Gasteiger partial charge in [0.15, 0.2) is 0 Å². The molecule has 2 rings (SSSR count). The minimum absolute atomic E-state index is 0.238. The van der Waals surface area contributed by atoms with Crippen LogP contribution in [0.4, 0.5) is 5.69 Å². The van der Waals surface area contributed by atoms with E-state index in [1.807, 2.05) is 32.0 Å². The number of rotatable bonds is 5. The average Bonchev–Trinajstić information content (AvgIpc) is 2.46. The highest BCUT2D eigenvalue weighted by molar-refractivity contribution is 7.92. The molecule has 0 aliphatic carbocycles. The highest BCUT2D eigenvalue weighted by Gasteiger charge is 2.22. The zero-order valence-electron chi connectivity index (χ0n) is 13.2. The summed E-state index contributed by atoms with van der Waals surface area (Å²) in [5, 5.41) is 3.31. The molecule has 0 amide bonds. The number of nitrogens with one attached hydrogen (secondary N) is 1. The van der Waals surface area contributed by atoms with Gasteiger partial charge in [-0.3, -0.25) is 4.31 Å². The molecule has 118 valence electrons. The van der Waals surface area contributed by atoms with E-state index in [0.717, 1.165) is 49.2 Å². The van der Waals surface area contributed by atoms with Gasteiger partial charge in [-0.15, -0.1) is 0 Å². The molecule has 0 spiro atoms. The summed E-state index contributed by atoms with van der Waals surface area (Å²) in [6.07, 6.45) is 2.94. The molecule has 1 aromatic carbocycles. The quantitative estimate of drug-likeness (QED) is 0.909. The SMILES string of the molecule is Cc1ccc(N(C)S(=O)(=O)CCC2CCNCC2)c(C)c1. The number of nitrogens with zero attached hydrogens (tertiary/aromatic N) is 1. The molecule has 1 N–H and O–H groups in total. The summed E-state index contributed by atoms with van der Waals surface area (Å²) in [5.74, 6) is 0.773. The molecular weight excluding hydrogens is 284 g/mol. The van der Waals surface area contributed by atoms with Crippen LogP contribution in [0.5, 0.6) is 0 Å². The van der Waals surface area contributed by atoms with E-state index >= 15 is 0 Å². The predicted octanol–water partition coefficient (Wildman–Crippen LogP) is 2.46. The lowest BCUT2D eigenvalue weighted by Gasteiger charge is -2.25. The van der Waals surface area contributed by atoms with Crippen molar-refractivity contribution in [1.82, 2.24) is 5.32 Å². The molecule has 1 fully saturated rings. The molecule has 0 radical (unpaired) electrons. The molecule has 0 saturated carbocycles. The van der Waals surface area contributed by atoms with E-state index in [-0.39, 0.29) is 5.75 Å². The third kappa shape index (κ3) is 4.20. The first kappa shape index (κ1) is 16.3. The standard InChI is InChI=1S/C16H26N2O2S/c1-13-4-5-16(14(2)12-13)18(3)21(19,20)11-8-15-6-9-17-10-7-15/h4-5,12,15,17H,6-11H2,1-3H3. The van der Waals surface area contributed by atoms with E-state index < -0.39 is 10.0 Å². The normalized spacial score (nSPS) is 16.9. The van der Waals surface area contributed by atoms with Crippen LogP contribution in [0.25, 0.3) is 0 Å². The Hall–Kier alpha value is -1.07. The topological polar surface area (TPSA) is 49.4 Å². The Labute approximate surface area is 128 Å². The second kappa shape index (κ2) is 6.79. The number of hydrogen-bond donors (Lipinski definition) is 1. The fraction of sp³-hybridized carbons (Fsp3) is 0.625. The number of sulfonamides is 1. The molecule has 1 aliphatic heterocycles. The molecule has 0 aromatic heterocycles. The second-order valence-corrected chi connectivity index (χ2v) is 8.18. The zero-order valence-corrected chi connectivity index (χ0v) is 14.0. The average molecular weight is 310 g/mol. The van der Waals surface area contributed by atoms with Crippen LogP contribution in [0.1, 0.15) is 30.4 Å². The van der Waals surface area contributed by atoms with Crippen molar-refractivity contribution in [2.24, 2.45) is 5.92 Å². The summed E-state index contributed by atoms with van der Waals surface area (Å²) >= 11 is 0. The summed E-state index contributed by atoms with van der Waals surface area (Å²) in [4.78, 5) is 0. The molecule has 21 heavy (non-hydrogen) atoms. The number of benzene rings is 1. The summed E-state index contributed by atoms with van der Waals surface area (Å²) in [5.41, 5.74) is 2.94. The lowest BCUT2D eigenvalue weighted by atomic mass is 9.96. The lowest BCUT2D eigenvalue weighted by Crippen LogP contribution is -2.33. The third-order valence-electron chi connectivity index (χ3n) is 4.35.